The molecule has 1 saturated heterocycles. The summed E-state index contributed by atoms with van der Waals surface area (Å²) in [7, 11) is 0. The first-order valence-corrected chi connectivity index (χ1v) is 13.3. The number of fused-ring (bicyclic) bond motifs is 1. The molecule has 1 aliphatic carbocycles. The third-order valence-electron chi connectivity index (χ3n) is 7.29. The maximum atomic E-state index is 5.06. The van der Waals surface area contributed by atoms with Crippen molar-refractivity contribution in [1.82, 2.24) is 20.0 Å². The van der Waals surface area contributed by atoms with Gasteiger partial charge in [0.2, 0.25) is 0 Å². The van der Waals surface area contributed by atoms with Crippen molar-refractivity contribution in [3.05, 3.63) is 83.3 Å². The molecule has 6 rings (SSSR count). The largest absolute Gasteiger partial charge is 0.341 e. The van der Waals surface area contributed by atoms with E-state index < -0.39 is 0 Å². The van der Waals surface area contributed by atoms with Gasteiger partial charge in [0.1, 0.15) is 5.82 Å². The van der Waals surface area contributed by atoms with Crippen molar-refractivity contribution in [2.24, 2.45) is 5.92 Å². The second-order valence-corrected chi connectivity index (χ2v) is 12.4. The summed E-state index contributed by atoms with van der Waals surface area (Å²) in [5.41, 5.74) is 7.54. The molecule has 0 amide bonds. The van der Waals surface area contributed by atoms with Gasteiger partial charge in [-0.1, -0.05) is 80.6 Å². The molecule has 1 saturated carbocycles. The standard InChI is InChI=1S/C29H34N4S/c1-18-7-6-8-21(13-18)26-17-33(28(34-26)20-9-10-20)32-16-19(2)14-25(32)27-30-23-12-11-22(29(3,4)5)15-24(23)31-27/h6-8,11-13,15,17,20,25,28H,2,9-10,14,16H2,1,3-5H3,(H,30,31). The number of aromatic nitrogens is 2. The average molecular weight is 471 g/mol. The number of H-pyrrole nitrogens is 1. The number of rotatable bonds is 4. The average Bonchev–Trinajstić information content (AvgIpc) is 3.22. The lowest BCUT2D eigenvalue weighted by atomic mass is 9.87. The number of hydrogen-bond acceptors (Lipinski definition) is 4. The predicted molar refractivity (Wildman–Crippen MR) is 143 cm³/mol. The minimum atomic E-state index is 0.119. The molecule has 2 fully saturated rings. The Balaban J connectivity index is 1.35. The third-order valence-corrected chi connectivity index (χ3v) is 8.73. The number of aryl methyl sites for hydroxylation is 1. The van der Waals surface area contributed by atoms with Crippen molar-refractivity contribution >= 4 is 27.7 Å². The molecule has 2 unspecified atom stereocenters. The van der Waals surface area contributed by atoms with Gasteiger partial charge in [-0.25, -0.2) is 9.99 Å². The molecule has 34 heavy (non-hydrogen) atoms. The van der Waals surface area contributed by atoms with Crippen LogP contribution >= 0.6 is 11.8 Å². The number of imidazole rings is 1. The van der Waals surface area contributed by atoms with Gasteiger partial charge in [0.05, 0.1) is 22.4 Å². The smallest absolute Gasteiger partial charge is 0.126 e. The van der Waals surface area contributed by atoms with Crippen molar-refractivity contribution < 1.29 is 0 Å². The second kappa shape index (κ2) is 8.03. The van der Waals surface area contributed by atoms with Crippen LogP contribution in [0.25, 0.3) is 15.9 Å². The highest BCUT2D eigenvalue weighted by atomic mass is 32.2. The van der Waals surface area contributed by atoms with E-state index >= 15 is 0 Å². The van der Waals surface area contributed by atoms with E-state index in [9.17, 15) is 0 Å². The molecule has 4 nitrogen and oxygen atoms in total. The molecular formula is C29H34N4S. The quantitative estimate of drug-likeness (QED) is 0.410. The van der Waals surface area contributed by atoms with Gasteiger partial charge in [-0.05, 0) is 60.8 Å². The Bertz CT molecular complexity index is 1290. The lowest BCUT2D eigenvalue weighted by molar-refractivity contribution is -0.00529. The zero-order valence-corrected chi connectivity index (χ0v) is 21.5. The SMILES string of the molecule is C=C1CC(c2nc3ccc(C(C)(C)C)cc3[nH]2)N(N2C=C(c3cccc(C)c3)SC2C2CC2)C1. The number of nitrogens with zero attached hydrogens (tertiary/aromatic N) is 3. The van der Waals surface area contributed by atoms with E-state index in [0.29, 0.717) is 5.37 Å². The minimum absolute atomic E-state index is 0.119. The molecular weight excluding hydrogens is 436 g/mol. The zero-order chi connectivity index (χ0) is 23.6. The first-order valence-electron chi connectivity index (χ1n) is 12.4. The van der Waals surface area contributed by atoms with E-state index in [0.717, 1.165) is 35.7 Å². The molecule has 1 N–H and O–H groups in total. The van der Waals surface area contributed by atoms with E-state index in [4.69, 9.17) is 4.98 Å². The van der Waals surface area contributed by atoms with E-state index in [1.54, 1.807) is 0 Å². The van der Waals surface area contributed by atoms with Crippen LogP contribution in [0.15, 0.2) is 60.8 Å². The highest BCUT2D eigenvalue weighted by Crippen LogP contribution is 2.52. The summed E-state index contributed by atoms with van der Waals surface area (Å²) < 4.78 is 0. The normalized spacial score (nSPS) is 23.8. The van der Waals surface area contributed by atoms with E-state index in [-0.39, 0.29) is 11.5 Å². The second-order valence-electron chi connectivity index (χ2n) is 11.3. The summed E-state index contributed by atoms with van der Waals surface area (Å²) in [6, 6.07) is 15.7. The summed E-state index contributed by atoms with van der Waals surface area (Å²) in [5, 5.41) is 5.50. The van der Waals surface area contributed by atoms with Gasteiger partial charge in [0, 0.05) is 17.6 Å². The number of thioether (sulfide) groups is 1. The van der Waals surface area contributed by atoms with Crippen LogP contribution in [0.1, 0.15) is 68.6 Å². The summed E-state index contributed by atoms with van der Waals surface area (Å²) in [6.07, 6.45) is 5.97. The van der Waals surface area contributed by atoms with Crippen molar-refractivity contribution in [3.8, 4) is 0 Å². The van der Waals surface area contributed by atoms with Crippen LogP contribution in [0, 0.1) is 12.8 Å². The molecule has 3 heterocycles. The molecule has 3 aromatic rings. The number of hydrazine groups is 1. The van der Waals surface area contributed by atoms with Crippen LogP contribution in [0.4, 0.5) is 0 Å². The zero-order valence-electron chi connectivity index (χ0n) is 20.6. The van der Waals surface area contributed by atoms with Gasteiger partial charge in [0.15, 0.2) is 0 Å². The lowest BCUT2D eigenvalue weighted by Crippen LogP contribution is -2.43. The molecule has 2 aromatic carbocycles. The third kappa shape index (κ3) is 3.99. The molecule has 0 radical (unpaired) electrons. The first kappa shape index (κ1) is 22.0. The van der Waals surface area contributed by atoms with Crippen molar-refractivity contribution in [3.63, 3.8) is 0 Å². The molecule has 0 bridgehead atoms. The Kier molecular flexibility index (Phi) is 5.19. The van der Waals surface area contributed by atoms with Crippen LogP contribution in [0.5, 0.6) is 0 Å². The summed E-state index contributed by atoms with van der Waals surface area (Å²) in [5.74, 6) is 1.81. The summed E-state index contributed by atoms with van der Waals surface area (Å²) in [4.78, 5) is 10.1. The monoisotopic (exact) mass is 470 g/mol. The molecule has 1 aromatic heterocycles. The minimum Gasteiger partial charge on any atom is -0.341 e. The van der Waals surface area contributed by atoms with Gasteiger partial charge < -0.3 is 4.98 Å². The number of hydrogen-bond donors (Lipinski definition) is 1. The highest BCUT2D eigenvalue weighted by Gasteiger charge is 2.45. The van der Waals surface area contributed by atoms with Gasteiger partial charge in [-0.15, -0.1) is 0 Å². The Morgan fingerprint density at radius 2 is 1.94 bits per heavy atom. The van der Waals surface area contributed by atoms with Crippen LogP contribution in [0.3, 0.4) is 0 Å². The first-order chi connectivity index (χ1) is 16.3. The van der Waals surface area contributed by atoms with Gasteiger partial charge >= 0.3 is 0 Å². The number of aromatic amines is 1. The maximum Gasteiger partial charge on any atom is 0.126 e. The number of benzene rings is 2. The molecule has 0 spiro atoms. The maximum absolute atomic E-state index is 5.06. The van der Waals surface area contributed by atoms with Gasteiger partial charge in [-0.3, -0.25) is 5.01 Å². The van der Waals surface area contributed by atoms with Crippen LogP contribution in [0.2, 0.25) is 0 Å². The fraction of sp³-hybridized carbons (Fsp3) is 0.414. The highest BCUT2D eigenvalue weighted by molar-refractivity contribution is 8.09. The van der Waals surface area contributed by atoms with Crippen LogP contribution in [-0.2, 0) is 5.41 Å². The van der Waals surface area contributed by atoms with Gasteiger partial charge in [-0.2, -0.15) is 0 Å². The van der Waals surface area contributed by atoms with Crippen molar-refractivity contribution in [2.45, 2.75) is 63.8 Å². The summed E-state index contributed by atoms with van der Waals surface area (Å²) >= 11 is 2.03. The van der Waals surface area contributed by atoms with E-state index in [1.807, 2.05) is 11.8 Å². The Hall–Kier alpha value is -2.50. The van der Waals surface area contributed by atoms with Crippen molar-refractivity contribution in [2.75, 3.05) is 6.54 Å². The summed E-state index contributed by atoms with van der Waals surface area (Å²) in [6.45, 7) is 14.2. The molecule has 5 heteroatoms. The van der Waals surface area contributed by atoms with Crippen LogP contribution < -0.4 is 0 Å². The molecule has 3 aliphatic rings. The van der Waals surface area contributed by atoms with E-state index in [2.05, 4.69) is 97.9 Å². The van der Waals surface area contributed by atoms with Gasteiger partial charge in [0.25, 0.3) is 0 Å². The molecule has 176 valence electrons. The van der Waals surface area contributed by atoms with E-state index in [1.165, 1.54) is 40.0 Å². The fourth-order valence-corrected chi connectivity index (χ4v) is 6.63. The lowest BCUT2D eigenvalue weighted by Gasteiger charge is -2.36. The van der Waals surface area contributed by atoms with Crippen LogP contribution in [-0.4, -0.2) is 31.9 Å². The Morgan fingerprint density at radius 1 is 1.12 bits per heavy atom. The Labute approximate surface area is 207 Å². The predicted octanol–water partition coefficient (Wildman–Crippen LogP) is 7.17. The van der Waals surface area contributed by atoms with Crippen molar-refractivity contribution in [1.29, 1.82) is 0 Å². The molecule has 2 atom stereocenters. The number of nitrogens with one attached hydrogen (secondary N) is 1. The fourth-order valence-electron chi connectivity index (χ4n) is 5.18. The Morgan fingerprint density at radius 3 is 2.68 bits per heavy atom. The molecule has 2 aliphatic heterocycles. The topological polar surface area (TPSA) is 35.2 Å².